The Morgan fingerprint density at radius 2 is 1.75 bits per heavy atom. The molecule has 28 heavy (non-hydrogen) atoms. The molecule has 1 aromatic carbocycles. The molecule has 8 heteroatoms. The first-order chi connectivity index (χ1) is 12.7. The van der Waals surface area contributed by atoms with Crippen LogP contribution in [0.1, 0.15) is 24.3 Å². The Bertz CT molecular complexity index is 741. The zero-order valence-corrected chi connectivity index (χ0v) is 17.3. The zero-order valence-electron chi connectivity index (χ0n) is 15.7. The molecular weight excluding hydrogens is 397 g/mol. The molecule has 152 valence electrons. The number of halogens is 2. The molecule has 0 unspecified atom stereocenters. The minimum Gasteiger partial charge on any atom is -0.355 e. The second-order valence-electron chi connectivity index (χ2n) is 7.25. The number of nitrogens with two attached hydrogens (primary N) is 1. The van der Waals surface area contributed by atoms with E-state index in [1.54, 1.807) is 18.6 Å². The van der Waals surface area contributed by atoms with E-state index >= 15 is 0 Å². The summed E-state index contributed by atoms with van der Waals surface area (Å²) in [5.74, 6) is 1.48. The average molecular weight is 424 g/mol. The minimum absolute atomic E-state index is 0. The molecule has 0 spiro atoms. The molecule has 0 bridgehead atoms. The SMILES string of the molecule is Cl.Cl.N[C@@H]1CN(C(=O)C2CCN(c3cnccn3)CC2)C[C@H]1c1ccccc1. The van der Waals surface area contributed by atoms with Crippen molar-refractivity contribution in [3.8, 4) is 0 Å². The number of aromatic nitrogens is 2. The van der Waals surface area contributed by atoms with Crippen molar-refractivity contribution in [3.63, 3.8) is 0 Å². The zero-order chi connectivity index (χ0) is 17.9. The van der Waals surface area contributed by atoms with Crippen LogP contribution in [0, 0.1) is 5.92 Å². The van der Waals surface area contributed by atoms with E-state index in [-0.39, 0.29) is 48.6 Å². The van der Waals surface area contributed by atoms with Crippen molar-refractivity contribution in [1.82, 2.24) is 14.9 Å². The number of carbonyl (C=O) groups excluding carboxylic acids is 1. The van der Waals surface area contributed by atoms with E-state index in [2.05, 4.69) is 27.0 Å². The number of rotatable bonds is 3. The van der Waals surface area contributed by atoms with Gasteiger partial charge in [-0.1, -0.05) is 30.3 Å². The van der Waals surface area contributed by atoms with Gasteiger partial charge in [0, 0.05) is 56.5 Å². The first-order valence-electron chi connectivity index (χ1n) is 9.32. The molecule has 2 N–H and O–H groups in total. The van der Waals surface area contributed by atoms with Gasteiger partial charge in [-0.05, 0) is 18.4 Å². The maximum absolute atomic E-state index is 13.0. The number of hydrogen-bond donors (Lipinski definition) is 1. The Labute approximate surface area is 178 Å². The molecule has 4 rings (SSSR count). The number of anilines is 1. The molecule has 2 aliphatic rings. The van der Waals surface area contributed by atoms with Gasteiger partial charge in [0.2, 0.25) is 5.91 Å². The van der Waals surface area contributed by atoms with E-state index in [1.807, 2.05) is 23.1 Å². The van der Waals surface area contributed by atoms with Crippen molar-refractivity contribution in [2.45, 2.75) is 24.8 Å². The number of nitrogens with zero attached hydrogens (tertiary/aromatic N) is 4. The van der Waals surface area contributed by atoms with Gasteiger partial charge in [-0.2, -0.15) is 0 Å². The van der Waals surface area contributed by atoms with Crippen LogP contribution in [0.25, 0.3) is 0 Å². The molecule has 2 fully saturated rings. The van der Waals surface area contributed by atoms with Crippen LogP contribution in [0.4, 0.5) is 5.82 Å². The van der Waals surface area contributed by atoms with Gasteiger partial charge in [-0.25, -0.2) is 4.98 Å². The summed E-state index contributed by atoms with van der Waals surface area (Å²) in [6, 6.07) is 10.3. The maximum Gasteiger partial charge on any atom is 0.225 e. The summed E-state index contributed by atoms with van der Waals surface area (Å²) in [6.07, 6.45) is 6.89. The standard InChI is InChI=1S/C20H25N5O.2ClH/c21-18-14-25(13-17(18)15-4-2-1-3-5-15)20(26)16-6-10-24(11-7-16)19-12-22-8-9-23-19;;/h1-5,8-9,12,16-18H,6-7,10-11,13-14,21H2;2*1H/t17-,18+;;/m0../s1. The lowest BCUT2D eigenvalue weighted by molar-refractivity contribution is -0.135. The Balaban J connectivity index is 0.00000140. The van der Waals surface area contributed by atoms with Gasteiger partial charge in [0.25, 0.3) is 0 Å². The van der Waals surface area contributed by atoms with Crippen LogP contribution < -0.4 is 10.6 Å². The van der Waals surface area contributed by atoms with Crippen LogP contribution >= 0.6 is 24.8 Å². The summed E-state index contributed by atoms with van der Waals surface area (Å²) in [4.78, 5) is 25.7. The van der Waals surface area contributed by atoms with Crippen molar-refractivity contribution >= 4 is 36.5 Å². The average Bonchev–Trinajstić information content (AvgIpc) is 3.10. The molecule has 6 nitrogen and oxygen atoms in total. The summed E-state index contributed by atoms with van der Waals surface area (Å²) in [5.41, 5.74) is 7.58. The van der Waals surface area contributed by atoms with Crippen LogP contribution in [-0.4, -0.2) is 53.0 Å². The molecule has 2 aromatic rings. The fourth-order valence-corrected chi connectivity index (χ4v) is 4.13. The molecular formula is C20H27Cl2N5O. The van der Waals surface area contributed by atoms with Crippen molar-refractivity contribution in [2.75, 3.05) is 31.1 Å². The van der Waals surface area contributed by atoms with E-state index in [0.717, 1.165) is 38.3 Å². The van der Waals surface area contributed by atoms with Crippen molar-refractivity contribution < 1.29 is 4.79 Å². The number of amides is 1. The lowest BCUT2D eigenvalue weighted by atomic mass is 9.94. The van der Waals surface area contributed by atoms with Gasteiger partial charge < -0.3 is 15.5 Å². The quantitative estimate of drug-likeness (QED) is 0.820. The molecule has 0 aliphatic carbocycles. The highest BCUT2D eigenvalue weighted by Crippen LogP contribution is 2.30. The van der Waals surface area contributed by atoms with Gasteiger partial charge in [0.15, 0.2) is 0 Å². The smallest absolute Gasteiger partial charge is 0.225 e. The predicted octanol–water partition coefficient (Wildman–Crippen LogP) is 2.49. The Kier molecular flexibility index (Phi) is 8.04. The molecule has 1 amide bonds. The second-order valence-corrected chi connectivity index (χ2v) is 7.25. The Hall–Kier alpha value is -1.89. The second kappa shape index (κ2) is 10.0. The fraction of sp³-hybridized carbons (Fsp3) is 0.450. The normalized spacial score (nSPS) is 22.3. The molecule has 2 aliphatic heterocycles. The van der Waals surface area contributed by atoms with Crippen LogP contribution in [0.5, 0.6) is 0 Å². The summed E-state index contributed by atoms with van der Waals surface area (Å²) >= 11 is 0. The monoisotopic (exact) mass is 423 g/mol. The van der Waals surface area contributed by atoms with Crippen LogP contribution in [0.2, 0.25) is 0 Å². The van der Waals surface area contributed by atoms with E-state index in [4.69, 9.17) is 5.73 Å². The third-order valence-electron chi connectivity index (χ3n) is 5.62. The van der Waals surface area contributed by atoms with Gasteiger partial charge in [0.05, 0.1) is 6.20 Å². The Morgan fingerprint density at radius 3 is 2.39 bits per heavy atom. The number of carbonyl (C=O) groups is 1. The van der Waals surface area contributed by atoms with E-state index in [9.17, 15) is 4.79 Å². The third-order valence-corrected chi connectivity index (χ3v) is 5.62. The van der Waals surface area contributed by atoms with E-state index < -0.39 is 0 Å². The van der Waals surface area contributed by atoms with Crippen molar-refractivity contribution in [3.05, 3.63) is 54.5 Å². The molecule has 0 saturated carbocycles. The van der Waals surface area contributed by atoms with Crippen LogP contribution in [0.15, 0.2) is 48.9 Å². The largest absolute Gasteiger partial charge is 0.355 e. The van der Waals surface area contributed by atoms with Gasteiger partial charge >= 0.3 is 0 Å². The molecule has 3 heterocycles. The topological polar surface area (TPSA) is 75.3 Å². The van der Waals surface area contributed by atoms with Crippen molar-refractivity contribution in [1.29, 1.82) is 0 Å². The van der Waals surface area contributed by atoms with Gasteiger partial charge in [0.1, 0.15) is 5.82 Å². The first-order valence-corrected chi connectivity index (χ1v) is 9.32. The van der Waals surface area contributed by atoms with Crippen LogP contribution in [-0.2, 0) is 4.79 Å². The molecule has 0 radical (unpaired) electrons. The summed E-state index contributed by atoms with van der Waals surface area (Å²) in [6.45, 7) is 3.07. The predicted molar refractivity (Wildman–Crippen MR) is 115 cm³/mol. The number of piperidine rings is 1. The highest BCUT2D eigenvalue weighted by atomic mass is 35.5. The maximum atomic E-state index is 13.0. The van der Waals surface area contributed by atoms with E-state index in [0.29, 0.717) is 6.54 Å². The first kappa shape index (κ1) is 22.4. The van der Waals surface area contributed by atoms with Crippen LogP contribution in [0.3, 0.4) is 0 Å². The highest BCUT2D eigenvalue weighted by molar-refractivity contribution is 5.85. The lowest BCUT2D eigenvalue weighted by Crippen LogP contribution is -2.42. The van der Waals surface area contributed by atoms with E-state index in [1.165, 1.54) is 5.56 Å². The van der Waals surface area contributed by atoms with Gasteiger partial charge in [-0.3, -0.25) is 9.78 Å². The Morgan fingerprint density at radius 1 is 1.04 bits per heavy atom. The minimum atomic E-state index is 0. The molecule has 2 saturated heterocycles. The lowest BCUT2D eigenvalue weighted by Gasteiger charge is -2.33. The van der Waals surface area contributed by atoms with Crippen molar-refractivity contribution in [2.24, 2.45) is 11.7 Å². The van der Waals surface area contributed by atoms with Gasteiger partial charge in [-0.15, -0.1) is 24.8 Å². The number of likely N-dealkylation sites (tertiary alicyclic amines) is 1. The number of benzene rings is 1. The third kappa shape index (κ3) is 4.74. The highest BCUT2D eigenvalue weighted by Gasteiger charge is 2.37. The molecule has 1 aromatic heterocycles. The summed E-state index contributed by atoms with van der Waals surface area (Å²) in [7, 11) is 0. The molecule has 2 atom stereocenters. The number of hydrogen-bond acceptors (Lipinski definition) is 5. The summed E-state index contributed by atoms with van der Waals surface area (Å²) in [5, 5.41) is 0. The fourth-order valence-electron chi connectivity index (χ4n) is 4.13. The summed E-state index contributed by atoms with van der Waals surface area (Å²) < 4.78 is 0.